The smallest absolute Gasteiger partial charge is 0.144 e. The van der Waals surface area contributed by atoms with Crippen LogP contribution in [0.5, 0.6) is 5.75 Å². The van der Waals surface area contributed by atoms with E-state index in [1.807, 2.05) is 30.5 Å². The Balaban J connectivity index is 1.39. The SMILES string of the molecule is CCN(CC)C1CCC(n2cc(-c3cccc(OCc4ccccc4)c3)c3cncnc32)CC1. The predicted octanol–water partition coefficient (Wildman–Crippen LogP) is 6.50. The van der Waals surface area contributed by atoms with Gasteiger partial charge in [-0.15, -0.1) is 0 Å². The second kappa shape index (κ2) is 10.4. The maximum absolute atomic E-state index is 6.10. The van der Waals surface area contributed by atoms with Gasteiger partial charge in [0.2, 0.25) is 0 Å². The molecule has 5 nitrogen and oxygen atoms in total. The van der Waals surface area contributed by atoms with Crippen LogP contribution < -0.4 is 4.74 Å². The molecule has 4 aromatic rings. The molecule has 34 heavy (non-hydrogen) atoms. The first kappa shape index (κ1) is 22.6. The van der Waals surface area contributed by atoms with E-state index >= 15 is 0 Å². The molecule has 2 aromatic heterocycles. The number of nitrogens with zero attached hydrogens (tertiary/aromatic N) is 4. The van der Waals surface area contributed by atoms with Crippen molar-refractivity contribution in [3.05, 3.63) is 78.9 Å². The highest BCUT2D eigenvalue weighted by Crippen LogP contribution is 2.37. The van der Waals surface area contributed by atoms with E-state index in [0.29, 0.717) is 18.7 Å². The van der Waals surface area contributed by atoms with Crippen LogP contribution in [0.4, 0.5) is 0 Å². The standard InChI is InChI=1S/C29H34N4O/c1-3-32(4-2)24-13-15-25(16-14-24)33-19-28(27-18-30-21-31-29(27)33)23-11-8-12-26(17-23)34-20-22-9-6-5-7-10-22/h5-12,17-19,21,24-25H,3-4,13-16,20H2,1-2H3. The van der Waals surface area contributed by atoms with Crippen molar-refractivity contribution >= 4 is 11.0 Å². The number of fused-ring (bicyclic) bond motifs is 1. The lowest BCUT2D eigenvalue weighted by Crippen LogP contribution is -2.38. The van der Waals surface area contributed by atoms with Gasteiger partial charge in [-0.05, 0) is 62.0 Å². The minimum Gasteiger partial charge on any atom is -0.489 e. The number of aromatic nitrogens is 3. The Kier molecular flexibility index (Phi) is 6.91. The zero-order chi connectivity index (χ0) is 23.3. The summed E-state index contributed by atoms with van der Waals surface area (Å²) in [7, 11) is 0. The zero-order valence-electron chi connectivity index (χ0n) is 20.2. The fraction of sp³-hybridized carbons (Fsp3) is 0.379. The van der Waals surface area contributed by atoms with Crippen LogP contribution in [0.1, 0.15) is 51.1 Å². The molecule has 2 heterocycles. The van der Waals surface area contributed by atoms with E-state index < -0.39 is 0 Å². The van der Waals surface area contributed by atoms with Crippen molar-refractivity contribution in [2.24, 2.45) is 0 Å². The molecule has 5 rings (SSSR count). The Hall–Kier alpha value is -3.18. The molecule has 0 atom stereocenters. The molecule has 0 unspecified atom stereocenters. The molecule has 5 heteroatoms. The highest BCUT2D eigenvalue weighted by atomic mass is 16.5. The first-order chi connectivity index (χ1) is 16.8. The summed E-state index contributed by atoms with van der Waals surface area (Å²) in [6, 6.07) is 19.8. The summed E-state index contributed by atoms with van der Waals surface area (Å²) in [5.41, 5.74) is 4.51. The van der Waals surface area contributed by atoms with Crippen molar-refractivity contribution in [3.8, 4) is 16.9 Å². The van der Waals surface area contributed by atoms with Crippen LogP contribution in [0.3, 0.4) is 0 Å². The average molecular weight is 455 g/mol. The van der Waals surface area contributed by atoms with Gasteiger partial charge in [0.25, 0.3) is 0 Å². The average Bonchev–Trinajstić information content (AvgIpc) is 3.29. The minimum absolute atomic E-state index is 0.482. The summed E-state index contributed by atoms with van der Waals surface area (Å²) in [5, 5.41) is 1.11. The van der Waals surface area contributed by atoms with Crippen LogP contribution in [-0.2, 0) is 6.61 Å². The number of hydrogen-bond acceptors (Lipinski definition) is 4. The van der Waals surface area contributed by atoms with Gasteiger partial charge in [0.1, 0.15) is 24.3 Å². The third-order valence-corrected chi connectivity index (χ3v) is 7.28. The molecule has 0 saturated heterocycles. The Morgan fingerprint density at radius 2 is 1.76 bits per heavy atom. The molecule has 0 radical (unpaired) electrons. The van der Waals surface area contributed by atoms with Crippen molar-refractivity contribution in [1.82, 2.24) is 19.4 Å². The molecule has 0 aliphatic heterocycles. The van der Waals surface area contributed by atoms with Gasteiger partial charge in [-0.1, -0.05) is 56.3 Å². The van der Waals surface area contributed by atoms with Crippen LogP contribution >= 0.6 is 0 Å². The summed E-state index contributed by atoms with van der Waals surface area (Å²) in [4.78, 5) is 11.7. The summed E-state index contributed by atoms with van der Waals surface area (Å²) in [6.45, 7) is 7.38. The Bertz CT molecular complexity index is 1210. The summed E-state index contributed by atoms with van der Waals surface area (Å²) in [5.74, 6) is 0.874. The third-order valence-electron chi connectivity index (χ3n) is 7.28. The molecule has 1 saturated carbocycles. The van der Waals surface area contributed by atoms with Gasteiger partial charge in [0.05, 0.1) is 0 Å². The highest BCUT2D eigenvalue weighted by Gasteiger charge is 2.27. The Morgan fingerprint density at radius 3 is 2.53 bits per heavy atom. The topological polar surface area (TPSA) is 43.2 Å². The van der Waals surface area contributed by atoms with E-state index in [0.717, 1.165) is 35.4 Å². The summed E-state index contributed by atoms with van der Waals surface area (Å²) in [6.07, 6.45) is 10.8. The lowest BCUT2D eigenvalue weighted by atomic mass is 9.90. The van der Waals surface area contributed by atoms with Crippen molar-refractivity contribution in [3.63, 3.8) is 0 Å². The van der Waals surface area contributed by atoms with Crippen LogP contribution in [0, 0.1) is 0 Å². The fourth-order valence-electron chi connectivity index (χ4n) is 5.43. The van der Waals surface area contributed by atoms with Crippen LogP contribution in [-0.4, -0.2) is 38.6 Å². The third kappa shape index (κ3) is 4.71. The molecule has 176 valence electrons. The van der Waals surface area contributed by atoms with Gasteiger partial charge in [0, 0.05) is 35.4 Å². The fourth-order valence-corrected chi connectivity index (χ4v) is 5.43. The monoisotopic (exact) mass is 454 g/mol. The maximum atomic E-state index is 6.10. The van der Waals surface area contributed by atoms with Gasteiger partial charge < -0.3 is 14.2 Å². The number of benzene rings is 2. The van der Waals surface area contributed by atoms with Gasteiger partial charge >= 0.3 is 0 Å². The van der Waals surface area contributed by atoms with E-state index in [4.69, 9.17) is 9.72 Å². The van der Waals surface area contributed by atoms with E-state index in [9.17, 15) is 0 Å². The quantitative estimate of drug-likeness (QED) is 0.305. The molecule has 0 bridgehead atoms. The van der Waals surface area contributed by atoms with Gasteiger partial charge in [0.15, 0.2) is 0 Å². The molecule has 2 aromatic carbocycles. The van der Waals surface area contributed by atoms with Gasteiger partial charge in [-0.3, -0.25) is 0 Å². The molecule has 1 fully saturated rings. The largest absolute Gasteiger partial charge is 0.489 e. The highest BCUT2D eigenvalue weighted by molar-refractivity contribution is 5.93. The van der Waals surface area contributed by atoms with Crippen molar-refractivity contribution < 1.29 is 4.74 Å². The van der Waals surface area contributed by atoms with Crippen molar-refractivity contribution in [2.45, 2.75) is 58.2 Å². The van der Waals surface area contributed by atoms with E-state index in [-0.39, 0.29) is 0 Å². The Morgan fingerprint density at radius 1 is 0.971 bits per heavy atom. The molecule has 1 aliphatic carbocycles. The van der Waals surface area contributed by atoms with Gasteiger partial charge in [-0.2, -0.15) is 0 Å². The van der Waals surface area contributed by atoms with Crippen LogP contribution in [0.25, 0.3) is 22.2 Å². The second-order valence-electron chi connectivity index (χ2n) is 9.20. The first-order valence-electron chi connectivity index (χ1n) is 12.6. The van der Waals surface area contributed by atoms with Crippen molar-refractivity contribution in [2.75, 3.05) is 13.1 Å². The number of ether oxygens (including phenoxy) is 1. The van der Waals surface area contributed by atoms with E-state index in [1.165, 1.54) is 36.8 Å². The predicted molar refractivity (Wildman–Crippen MR) is 138 cm³/mol. The summed E-state index contributed by atoms with van der Waals surface area (Å²) >= 11 is 0. The minimum atomic E-state index is 0.482. The second-order valence-corrected chi connectivity index (χ2v) is 9.20. The number of rotatable bonds is 8. The van der Waals surface area contributed by atoms with Gasteiger partial charge in [-0.25, -0.2) is 9.97 Å². The molecular weight excluding hydrogens is 420 g/mol. The molecule has 0 N–H and O–H groups in total. The first-order valence-corrected chi connectivity index (χ1v) is 12.6. The molecule has 0 amide bonds. The lowest BCUT2D eigenvalue weighted by molar-refractivity contribution is 0.151. The zero-order valence-corrected chi connectivity index (χ0v) is 20.2. The molecular formula is C29H34N4O. The Labute approximate surface area is 202 Å². The van der Waals surface area contributed by atoms with Crippen LogP contribution in [0.2, 0.25) is 0 Å². The summed E-state index contributed by atoms with van der Waals surface area (Å²) < 4.78 is 8.51. The normalized spacial score (nSPS) is 18.4. The number of hydrogen-bond donors (Lipinski definition) is 0. The van der Waals surface area contributed by atoms with E-state index in [1.54, 1.807) is 6.33 Å². The molecule has 1 aliphatic rings. The molecule has 0 spiro atoms. The maximum Gasteiger partial charge on any atom is 0.144 e. The van der Waals surface area contributed by atoms with Crippen LogP contribution in [0.15, 0.2) is 73.3 Å². The van der Waals surface area contributed by atoms with Crippen molar-refractivity contribution in [1.29, 1.82) is 0 Å². The van der Waals surface area contributed by atoms with E-state index in [2.05, 4.69) is 64.8 Å². The lowest BCUT2D eigenvalue weighted by Gasteiger charge is -2.36.